The summed E-state index contributed by atoms with van der Waals surface area (Å²) in [6.07, 6.45) is 6.38. The van der Waals surface area contributed by atoms with Gasteiger partial charge >= 0.3 is 0 Å². The van der Waals surface area contributed by atoms with Crippen LogP contribution in [-0.2, 0) is 0 Å². The summed E-state index contributed by atoms with van der Waals surface area (Å²) in [5, 5.41) is 3.37. The van der Waals surface area contributed by atoms with Gasteiger partial charge in [0.25, 0.3) is 0 Å². The maximum absolute atomic E-state index is 3.37. The third kappa shape index (κ3) is 2.38. The van der Waals surface area contributed by atoms with Gasteiger partial charge in [-0.3, -0.25) is 0 Å². The maximum Gasteiger partial charge on any atom is 0.00201 e. The SMILES string of the molecule is CCC1(CCCSC)CNC1. The van der Waals surface area contributed by atoms with Crippen molar-refractivity contribution in [3.8, 4) is 0 Å². The quantitative estimate of drug-likeness (QED) is 0.639. The Labute approximate surface area is 74.3 Å². The Morgan fingerprint density at radius 3 is 2.55 bits per heavy atom. The Balaban J connectivity index is 2.11. The molecule has 1 saturated heterocycles. The highest BCUT2D eigenvalue weighted by Crippen LogP contribution is 2.32. The second kappa shape index (κ2) is 4.36. The molecule has 0 radical (unpaired) electrons. The molecule has 0 aromatic carbocycles. The van der Waals surface area contributed by atoms with Gasteiger partial charge in [0.15, 0.2) is 0 Å². The summed E-state index contributed by atoms with van der Waals surface area (Å²) >= 11 is 1.97. The predicted octanol–water partition coefficient (Wildman–Crippen LogP) is 2.13. The van der Waals surface area contributed by atoms with E-state index in [4.69, 9.17) is 0 Å². The third-order valence-corrected chi connectivity index (χ3v) is 3.50. The van der Waals surface area contributed by atoms with Gasteiger partial charge in [-0.2, -0.15) is 11.8 Å². The zero-order valence-corrected chi connectivity index (χ0v) is 8.47. The van der Waals surface area contributed by atoms with Gasteiger partial charge in [-0.05, 0) is 36.7 Å². The van der Waals surface area contributed by atoms with Gasteiger partial charge in [0.1, 0.15) is 0 Å². The third-order valence-electron chi connectivity index (χ3n) is 2.81. The molecule has 0 spiro atoms. The van der Waals surface area contributed by atoms with Gasteiger partial charge in [-0.25, -0.2) is 0 Å². The molecule has 1 heterocycles. The molecule has 66 valence electrons. The minimum absolute atomic E-state index is 0.690. The fourth-order valence-electron chi connectivity index (χ4n) is 1.67. The molecule has 0 bridgehead atoms. The van der Waals surface area contributed by atoms with Crippen LogP contribution in [0.3, 0.4) is 0 Å². The highest BCUT2D eigenvalue weighted by atomic mass is 32.2. The van der Waals surface area contributed by atoms with Crippen LogP contribution in [0.2, 0.25) is 0 Å². The highest BCUT2D eigenvalue weighted by Gasteiger charge is 2.33. The average molecular weight is 173 g/mol. The van der Waals surface area contributed by atoms with Crippen LogP contribution in [0.15, 0.2) is 0 Å². The molecular formula is C9H19NS. The first kappa shape index (κ1) is 9.40. The van der Waals surface area contributed by atoms with E-state index in [9.17, 15) is 0 Å². The zero-order chi connectivity index (χ0) is 8.16. The van der Waals surface area contributed by atoms with Crippen molar-refractivity contribution in [3.05, 3.63) is 0 Å². The van der Waals surface area contributed by atoms with Gasteiger partial charge in [0.05, 0.1) is 0 Å². The molecule has 11 heavy (non-hydrogen) atoms. The van der Waals surface area contributed by atoms with Crippen molar-refractivity contribution in [3.63, 3.8) is 0 Å². The number of hydrogen-bond donors (Lipinski definition) is 1. The maximum atomic E-state index is 3.37. The summed E-state index contributed by atoms with van der Waals surface area (Å²) in [5.41, 5.74) is 0.690. The molecule has 0 saturated carbocycles. The van der Waals surface area contributed by atoms with E-state index in [1.807, 2.05) is 11.8 Å². The van der Waals surface area contributed by atoms with E-state index in [1.54, 1.807) is 0 Å². The Morgan fingerprint density at radius 2 is 2.18 bits per heavy atom. The summed E-state index contributed by atoms with van der Waals surface area (Å²) in [6, 6.07) is 0. The monoisotopic (exact) mass is 173 g/mol. The topological polar surface area (TPSA) is 12.0 Å². The first-order valence-electron chi connectivity index (χ1n) is 4.53. The van der Waals surface area contributed by atoms with E-state index < -0.39 is 0 Å². The van der Waals surface area contributed by atoms with Crippen LogP contribution in [-0.4, -0.2) is 25.1 Å². The smallest absolute Gasteiger partial charge is 0.00201 e. The van der Waals surface area contributed by atoms with E-state index in [-0.39, 0.29) is 0 Å². The van der Waals surface area contributed by atoms with Gasteiger partial charge in [0.2, 0.25) is 0 Å². The van der Waals surface area contributed by atoms with Crippen molar-refractivity contribution in [1.82, 2.24) is 5.32 Å². The van der Waals surface area contributed by atoms with Crippen LogP contribution in [0.4, 0.5) is 0 Å². The molecule has 1 nitrogen and oxygen atoms in total. The fraction of sp³-hybridized carbons (Fsp3) is 1.00. The molecule has 0 aromatic rings. The lowest BCUT2D eigenvalue weighted by molar-refractivity contribution is 0.145. The second-order valence-corrected chi connectivity index (χ2v) is 4.54. The first-order chi connectivity index (χ1) is 5.33. The lowest BCUT2D eigenvalue weighted by atomic mass is 9.76. The number of rotatable bonds is 5. The van der Waals surface area contributed by atoms with Crippen molar-refractivity contribution < 1.29 is 0 Å². The largest absolute Gasteiger partial charge is 0.316 e. The molecular weight excluding hydrogens is 154 g/mol. The highest BCUT2D eigenvalue weighted by molar-refractivity contribution is 7.98. The number of hydrogen-bond acceptors (Lipinski definition) is 2. The van der Waals surface area contributed by atoms with E-state index in [1.165, 1.54) is 38.1 Å². The van der Waals surface area contributed by atoms with E-state index in [0.717, 1.165) is 0 Å². The minimum atomic E-state index is 0.690. The molecule has 0 aromatic heterocycles. The fourth-order valence-corrected chi connectivity index (χ4v) is 2.11. The van der Waals surface area contributed by atoms with Gasteiger partial charge in [-0.1, -0.05) is 6.92 Å². The van der Waals surface area contributed by atoms with Crippen LogP contribution in [0, 0.1) is 5.41 Å². The first-order valence-corrected chi connectivity index (χ1v) is 5.92. The van der Waals surface area contributed by atoms with Crippen molar-refractivity contribution in [2.75, 3.05) is 25.1 Å². The average Bonchev–Trinajstić information content (AvgIpc) is 1.95. The molecule has 2 heteroatoms. The van der Waals surface area contributed by atoms with Crippen LogP contribution >= 0.6 is 11.8 Å². The lowest BCUT2D eigenvalue weighted by Crippen LogP contribution is -2.52. The summed E-state index contributed by atoms with van der Waals surface area (Å²) in [5.74, 6) is 1.34. The van der Waals surface area contributed by atoms with Crippen LogP contribution < -0.4 is 5.32 Å². The van der Waals surface area contributed by atoms with Crippen molar-refractivity contribution in [1.29, 1.82) is 0 Å². The molecule has 1 rings (SSSR count). The Morgan fingerprint density at radius 1 is 1.45 bits per heavy atom. The number of nitrogens with one attached hydrogen (secondary N) is 1. The summed E-state index contributed by atoms with van der Waals surface area (Å²) in [4.78, 5) is 0. The Hall–Kier alpha value is 0.310. The lowest BCUT2D eigenvalue weighted by Gasteiger charge is -2.42. The van der Waals surface area contributed by atoms with E-state index in [2.05, 4.69) is 18.5 Å². The van der Waals surface area contributed by atoms with Crippen LogP contribution in [0.1, 0.15) is 26.2 Å². The molecule has 0 unspecified atom stereocenters. The molecule has 1 N–H and O–H groups in total. The van der Waals surface area contributed by atoms with Crippen molar-refractivity contribution in [2.24, 2.45) is 5.41 Å². The standard InChI is InChI=1S/C9H19NS/c1-3-9(7-10-8-9)5-4-6-11-2/h10H,3-8H2,1-2H3. The molecule has 0 amide bonds. The minimum Gasteiger partial charge on any atom is -0.316 e. The summed E-state index contributed by atoms with van der Waals surface area (Å²) in [6.45, 7) is 4.84. The number of thioether (sulfide) groups is 1. The molecule has 0 aliphatic carbocycles. The van der Waals surface area contributed by atoms with Crippen molar-refractivity contribution in [2.45, 2.75) is 26.2 Å². The molecule has 0 atom stereocenters. The van der Waals surface area contributed by atoms with Crippen LogP contribution in [0.5, 0.6) is 0 Å². The summed E-state index contributed by atoms with van der Waals surface area (Å²) < 4.78 is 0. The van der Waals surface area contributed by atoms with E-state index in [0.29, 0.717) is 5.41 Å². The van der Waals surface area contributed by atoms with Crippen molar-refractivity contribution >= 4 is 11.8 Å². The van der Waals surface area contributed by atoms with Gasteiger partial charge in [-0.15, -0.1) is 0 Å². The second-order valence-electron chi connectivity index (χ2n) is 3.55. The van der Waals surface area contributed by atoms with E-state index >= 15 is 0 Å². The molecule has 1 fully saturated rings. The molecule has 1 aliphatic rings. The Kier molecular flexibility index (Phi) is 3.73. The van der Waals surface area contributed by atoms with Gasteiger partial charge in [0, 0.05) is 13.1 Å². The van der Waals surface area contributed by atoms with Crippen LogP contribution in [0.25, 0.3) is 0 Å². The normalized spacial score (nSPS) is 21.3. The Bertz CT molecular complexity index is 105. The van der Waals surface area contributed by atoms with Gasteiger partial charge < -0.3 is 5.32 Å². The predicted molar refractivity (Wildman–Crippen MR) is 53.2 cm³/mol. The summed E-state index contributed by atoms with van der Waals surface area (Å²) in [7, 11) is 0. The zero-order valence-electron chi connectivity index (χ0n) is 7.65. The molecule has 1 aliphatic heterocycles.